The fourth-order valence-electron chi connectivity index (χ4n) is 2.59. The van der Waals surface area contributed by atoms with Crippen LogP contribution in [-0.4, -0.2) is 19.0 Å². The van der Waals surface area contributed by atoms with E-state index in [1.807, 2.05) is 0 Å². The molecule has 3 heterocycles. The lowest BCUT2D eigenvalue weighted by Gasteiger charge is -2.41. The van der Waals surface area contributed by atoms with Crippen LogP contribution in [0.2, 0.25) is 0 Å². The molecular formula is C12H22O2. The van der Waals surface area contributed by atoms with E-state index >= 15 is 0 Å². The molecule has 0 radical (unpaired) electrons. The lowest BCUT2D eigenvalue weighted by Crippen LogP contribution is -2.44. The predicted octanol–water partition coefficient (Wildman–Crippen LogP) is 3.11. The lowest BCUT2D eigenvalue weighted by molar-refractivity contribution is -0.285. The molecule has 0 atom stereocenters. The van der Waals surface area contributed by atoms with Crippen molar-refractivity contribution < 1.29 is 9.47 Å². The molecule has 0 aromatic carbocycles. The number of rotatable bonds is 3. The number of ether oxygens (including phenoxy) is 2. The molecule has 0 aromatic heterocycles. The van der Waals surface area contributed by atoms with Gasteiger partial charge in [0.15, 0.2) is 5.79 Å². The highest BCUT2D eigenvalue weighted by atomic mass is 16.7. The SMILES string of the molecule is CCCCC12CCCC(C)(OC1)OC2. The topological polar surface area (TPSA) is 18.5 Å². The van der Waals surface area contributed by atoms with E-state index in [4.69, 9.17) is 9.47 Å². The molecule has 0 aromatic rings. The van der Waals surface area contributed by atoms with Crippen molar-refractivity contribution in [3.05, 3.63) is 0 Å². The number of hydrogen-bond donors (Lipinski definition) is 0. The van der Waals surface area contributed by atoms with Crippen LogP contribution in [0.1, 0.15) is 52.4 Å². The fraction of sp³-hybridized carbons (Fsp3) is 1.00. The van der Waals surface area contributed by atoms with E-state index in [9.17, 15) is 0 Å². The molecule has 2 bridgehead atoms. The Morgan fingerprint density at radius 1 is 1.14 bits per heavy atom. The molecule has 82 valence electrons. The molecule has 0 N–H and O–H groups in total. The van der Waals surface area contributed by atoms with Gasteiger partial charge in [0.1, 0.15) is 0 Å². The monoisotopic (exact) mass is 198 g/mol. The Hall–Kier alpha value is -0.0800. The van der Waals surface area contributed by atoms with Gasteiger partial charge in [0.05, 0.1) is 13.2 Å². The van der Waals surface area contributed by atoms with Gasteiger partial charge in [0, 0.05) is 11.8 Å². The molecule has 2 nitrogen and oxygen atoms in total. The third kappa shape index (κ3) is 1.96. The molecule has 0 aliphatic carbocycles. The largest absolute Gasteiger partial charge is 0.350 e. The summed E-state index contributed by atoms with van der Waals surface area (Å²) in [7, 11) is 0. The van der Waals surface area contributed by atoms with Gasteiger partial charge in [-0.3, -0.25) is 0 Å². The minimum atomic E-state index is -0.258. The average molecular weight is 198 g/mol. The van der Waals surface area contributed by atoms with E-state index in [-0.39, 0.29) is 5.79 Å². The van der Waals surface area contributed by atoms with Crippen molar-refractivity contribution in [3.63, 3.8) is 0 Å². The quantitative estimate of drug-likeness (QED) is 0.693. The maximum Gasteiger partial charge on any atom is 0.165 e. The van der Waals surface area contributed by atoms with Gasteiger partial charge in [-0.2, -0.15) is 0 Å². The van der Waals surface area contributed by atoms with Crippen LogP contribution in [0.15, 0.2) is 0 Å². The first kappa shape index (κ1) is 10.4. The van der Waals surface area contributed by atoms with Crippen molar-refractivity contribution in [2.45, 2.75) is 58.2 Å². The number of hydrogen-bond acceptors (Lipinski definition) is 2. The number of unbranched alkanes of at least 4 members (excludes halogenated alkanes) is 1. The molecule has 0 unspecified atom stereocenters. The molecule has 0 spiro atoms. The second-order valence-corrected chi connectivity index (χ2v) is 5.17. The van der Waals surface area contributed by atoms with Gasteiger partial charge in [-0.05, 0) is 26.2 Å². The van der Waals surface area contributed by atoms with E-state index in [0.29, 0.717) is 5.41 Å². The van der Waals surface area contributed by atoms with Gasteiger partial charge in [0.2, 0.25) is 0 Å². The van der Waals surface area contributed by atoms with E-state index in [0.717, 1.165) is 19.6 Å². The summed E-state index contributed by atoms with van der Waals surface area (Å²) in [5.41, 5.74) is 0.353. The zero-order valence-corrected chi connectivity index (χ0v) is 9.47. The molecule has 3 rings (SSSR count). The Labute approximate surface area is 87.0 Å². The predicted molar refractivity (Wildman–Crippen MR) is 56.1 cm³/mol. The summed E-state index contributed by atoms with van der Waals surface area (Å²) in [6, 6.07) is 0. The maximum atomic E-state index is 5.87. The third-order valence-corrected chi connectivity index (χ3v) is 3.77. The summed E-state index contributed by atoms with van der Waals surface area (Å²) in [5.74, 6) is -0.258. The molecular weight excluding hydrogens is 176 g/mol. The van der Waals surface area contributed by atoms with Crippen LogP contribution in [0.5, 0.6) is 0 Å². The Bertz CT molecular complexity index is 188. The van der Waals surface area contributed by atoms with Gasteiger partial charge in [-0.25, -0.2) is 0 Å². The standard InChI is InChI=1S/C12H22O2/c1-3-4-7-12-8-5-6-11(2,13-9-12)14-10-12/h3-10H2,1-2H3. The highest BCUT2D eigenvalue weighted by Gasteiger charge is 2.44. The summed E-state index contributed by atoms with van der Waals surface area (Å²) in [5, 5.41) is 0. The normalized spacial score (nSPS) is 42.4. The van der Waals surface area contributed by atoms with Crippen molar-refractivity contribution in [2.24, 2.45) is 5.41 Å². The average Bonchev–Trinajstić information content (AvgIpc) is 2.45. The molecule has 2 heteroatoms. The Morgan fingerprint density at radius 2 is 1.86 bits per heavy atom. The summed E-state index contributed by atoms with van der Waals surface area (Å²) >= 11 is 0. The first-order valence-corrected chi connectivity index (χ1v) is 5.96. The smallest absolute Gasteiger partial charge is 0.165 e. The van der Waals surface area contributed by atoms with Crippen molar-refractivity contribution in [1.29, 1.82) is 0 Å². The van der Waals surface area contributed by atoms with Crippen LogP contribution in [0.4, 0.5) is 0 Å². The molecule has 14 heavy (non-hydrogen) atoms. The van der Waals surface area contributed by atoms with Crippen LogP contribution in [0.25, 0.3) is 0 Å². The first-order chi connectivity index (χ1) is 6.68. The summed E-state index contributed by atoms with van der Waals surface area (Å²) < 4.78 is 11.7. The summed E-state index contributed by atoms with van der Waals surface area (Å²) in [6.07, 6.45) is 7.49. The minimum Gasteiger partial charge on any atom is -0.350 e. The zero-order chi connectivity index (χ0) is 10.1. The second kappa shape index (κ2) is 3.82. The van der Waals surface area contributed by atoms with Crippen LogP contribution < -0.4 is 0 Å². The Morgan fingerprint density at radius 3 is 2.50 bits per heavy atom. The minimum absolute atomic E-state index is 0.258. The van der Waals surface area contributed by atoms with Crippen LogP contribution in [0, 0.1) is 5.41 Å². The molecule has 0 saturated carbocycles. The molecule has 3 aliphatic heterocycles. The molecule has 3 aliphatic rings. The van der Waals surface area contributed by atoms with E-state index < -0.39 is 0 Å². The van der Waals surface area contributed by atoms with E-state index in [2.05, 4.69) is 13.8 Å². The Kier molecular flexibility index (Phi) is 2.85. The maximum absolute atomic E-state index is 5.87. The Balaban J connectivity index is 2.00. The molecule has 3 fully saturated rings. The highest BCUT2D eigenvalue weighted by molar-refractivity contribution is 4.88. The van der Waals surface area contributed by atoms with Crippen molar-refractivity contribution in [1.82, 2.24) is 0 Å². The molecule has 0 amide bonds. The van der Waals surface area contributed by atoms with Gasteiger partial charge in [-0.15, -0.1) is 0 Å². The van der Waals surface area contributed by atoms with Crippen LogP contribution in [0.3, 0.4) is 0 Å². The van der Waals surface area contributed by atoms with E-state index in [1.165, 1.54) is 32.1 Å². The van der Waals surface area contributed by atoms with Crippen molar-refractivity contribution >= 4 is 0 Å². The van der Waals surface area contributed by atoms with Gasteiger partial charge >= 0.3 is 0 Å². The summed E-state index contributed by atoms with van der Waals surface area (Å²) in [6.45, 7) is 6.18. The van der Waals surface area contributed by atoms with E-state index in [1.54, 1.807) is 0 Å². The summed E-state index contributed by atoms with van der Waals surface area (Å²) in [4.78, 5) is 0. The zero-order valence-electron chi connectivity index (χ0n) is 9.47. The first-order valence-electron chi connectivity index (χ1n) is 5.96. The third-order valence-electron chi connectivity index (χ3n) is 3.77. The van der Waals surface area contributed by atoms with Crippen LogP contribution in [-0.2, 0) is 9.47 Å². The van der Waals surface area contributed by atoms with Gasteiger partial charge < -0.3 is 9.47 Å². The van der Waals surface area contributed by atoms with Crippen molar-refractivity contribution in [2.75, 3.05) is 13.2 Å². The van der Waals surface area contributed by atoms with Crippen molar-refractivity contribution in [3.8, 4) is 0 Å². The van der Waals surface area contributed by atoms with Gasteiger partial charge in [-0.1, -0.05) is 19.8 Å². The number of fused-ring (bicyclic) bond motifs is 4. The lowest BCUT2D eigenvalue weighted by atomic mass is 9.80. The second-order valence-electron chi connectivity index (χ2n) is 5.17. The fourth-order valence-corrected chi connectivity index (χ4v) is 2.59. The highest BCUT2D eigenvalue weighted by Crippen LogP contribution is 2.43. The van der Waals surface area contributed by atoms with Gasteiger partial charge in [0.25, 0.3) is 0 Å². The van der Waals surface area contributed by atoms with Crippen LogP contribution >= 0.6 is 0 Å². The molecule has 3 saturated heterocycles.